The first-order valence-corrected chi connectivity index (χ1v) is 14.8. The number of carbonyl (C=O) groups is 1. The Bertz CT molecular complexity index is 1490. The maximum Gasteiger partial charge on any atom is 0.267 e. The van der Waals surface area contributed by atoms with Gasteiger partial charge in [0.25, 0.3) is 5.56 Å². The highest BCUT2D eigenvalue weighted by Gasteiger charge is 2.23. The molecule has 2 aromatic heterocycles. The van der Waals surface area contributed by atoms with Crippen molar-refractivity contribution in [1.82, 2.24) is 9.55 Å². The lowest BCUT2D eigenvalue weighted by Gasteiger charge is -2.14. The van der Waals surface area contributed by atoms with E-state index in [1.54, 1.807) is 40.2 Å². The van der Waals surface area contributed by atoms with Crippen molar-refractivity contribution in [3.05, 3.63) is 76.7 Å². The van der Waals surface area contributed by atoms with Crippen LogP contribution in [0.15, 0.2) is 55.3 Å². The quantitative estimate of drug-likeness (QED) is 0.179. The number of aromatic nitrogens is 2. The molecular weight excluding hydrogens is 634 g/mol. The second-order valence-corrected chi connectivity index (χ2v) is 12.5. The van der Waals surface area contributed by atoms with E-state index >= 15 is 0 Å². The minimum Gasteiger partial charge on any atom is -0.323 e. The van der Waals surface area contributed by atoms with Crippen molar-refractivity contribution in [1.29, 1.82) is 0 Å². The highest BCUT2D eigenvalue weighted by Crippen LogP contribution is 2.36. The number of hydrogen-bond donors (Lipinski definition) is 1. The van der Waals surface area contributed by atoms with Gasteiger partial charge in [0.1, 0.15) is 4.83 Å². The average Bonchev–Trinajstić information content (AvgIpc) is 3.19. The molecule has 2 aromatic carbocycles. The molecule has 180 valence electrons. The molecule has 0 unspecified atom stereocenters. The average molecular weight is 654 g/mol. The third kappa shape index (κ3) is 5.11. The zero-order chi connectivity index (χ0) is 24.7. The Morgan fingerprint density at radius 1 is 1.17 bits per heavy atom. The van der Waals surface area contributed by atoms with Crippen LogP contribution in [0.1, 0.15) is 28.8 Å². The molecule has 1 aliphatic carbocycles. The molecule has 1 N–H and O–H groups in total. The normalized spacial score (nSPS) is 13.1. The molecule has 1 aliphatic rings. The molecule has 0 atom stereocenters. The van der Waals surface area contributed by atoms with E-state index < -0.39 is 0 Å². The third-order valence-corrected chi connectivity index (χ3v) is 9.45. The molecule has 5 rings (SSSR count). The van der Waals surface area contributed by atoms with Gasteiger partial charge < -0.3 is 5.32 Å². The van der Waals surface area contributed by atoms with Crippen LogP contribution in [0.3, 0.4) is 0 Å². The topological polar surface area (TPSA) is 64.0 Å². The fourth-order valence-corrected chi connectivity index (χ4v) is 8.08. The van der Waals surface area contributed by atoms with Crippen LogP contribution >= 0.6 is 66.6 Å². The van der Waals surface area contributed by atoms with Gasteiger partial charge in [-0.3, -0.25) is 14.2 Å². The predicted octanol–water partition coefficient (Wildman–Crippen LogP) is 7.54. The predicted molar refractivity (Wildman–Crippen MR) is 153 cm³/mol. The summed E-state index contributed by atoms with van der Waals surface area (Å²) in [5, 5.41) is 4.74. The first-order valence-electron chi connectivity index (χ1n) is 11.0. The van der Waals surface area contributed by atoms with Crippen molar-refractivity contribution in [2.45, 2.75) is 37.8 Å². The van der Waals surface area contributed by atoms with Crippen LogP contribution in [0.25, 0.3) is 15.9 Å². The van der Waals surface area contributed by atoms with Gasteiger partial charge in [0.2, 0.25) is 5.91 Å². The monoisotopic (exact) mass is 651 g/mol. The fourth-order valence-electron chi connectivity index (χ4n) is 4.23. The van der Waals surface area contributed by atoms with Gasteiger partial charge in [0.15, 0.2) is 5.16 Å². The van der Waals surface area contributed by atoms with Crippen LogP contribution in [0, 0.1) is 6.92 Å². The summed E-state index contributed by atoms with van der Waals surface area (Å²) in [7, 11) is 0. The van der Waals surface area contributed by atoms with Crippen molar-refractivity contribution < 1.29 is 4.79 Å². The Balaban J connectivity index is 1.51. The summed E-state index contributed by atoms with van der Waals surface area (Å²) in [6.45, 7) is 1.98. The number of halogens is 3. The minimum absolute atomic E-state index is 0.0938. The number of amides is 1. The zero-order valence-electron chi connectivity index (χ0n) is 18.7. The molecule has 0 bridgehead atoms. The third-order valence-electron chi connectivity index (χ3n) is 5.83. The molecule has 0 aliphatic heterocycles. The molecule has 0 spiro atoms. The summed E-state index contributed by atoms with van der Waals surface area (Å²) in [5.74, 6) is -0.0913. The van der Waals surface area contributed by atoms with E-state index in [1.165, 1.54) is 16.6 Å². The maximum atomic E-state index is 13.8. The van der Waals surface area contributed by atoms with Crippen molar-refractivity contribution in [2.24, 2.45) is 0 Å². The SMILES string of the molecule is Cc1cc(Br)c(NC(=O)CSc2nc3sc4c(c3c(=O)n2-c2ccc(Cl)cc2)CCCC4)c(Br)c1. The van der Waals surface area contributed by atoms with E-state index in [0.717, 1.165) is 50.6 Å². The molecular formula is C25H20Br2ClN3O2S2. The highest BCUT2D eigenvalue weighted by atomic mass is 79.9. The Morgan fingerprint density at radius 3 is 2.57 bits per heavy atom. The van der Waals surface area contributed by atoms with Gasteiger partial charge in [-0.1, -0.05) is 23.4 Å². The van der Waals surface area contributed by atoms with E-state index in [9.17, 15) is 9.59 Å². The summed E-state index contributed by atoms with van der Waals surface area (Å²) >= 11 is 16.0. The standard InChI is InChI=1S/C25H20Br2ClN3O2S2/c1-13-10-17(26)22(18(27)11-13)29-20(32)12-34-25-30-23-21(16-4-2-3-5-19(16)35-23)24(33)31(25)15-8-6-14(28)7-9-15/h6-11H,2-5,12H2,1H3,(H,29,32). The van der Waals surface area contributed by atoms with Crippen molar-refractivity contribution in [2.75, 3.05) is 11.1 Å². The van der Waals surface area contributed by atoms with E-state index in [2.05, 4.69) is 37.2 Å². The van der Waals surface area contributed by atoms with Crippen LogP contribution in [0.5, 0.6) is 0 Å². The molecule has 35 heavy (non-hydrogen) atoms. The molecule has 0 saturated carbocycles. The van der Waals surface area contributed by atoms with Crippen molar-refractivity contribution >= 4 is 88.4 Å². The Morgan fingerprint density at radius 2 is 1.86 bits per heavy atom. The summed E-state index contributed by atoms with van der Waals surface area (Å²) in [6.07, 6.45) is 4.11. The van der Waals surface area contributed by atoms with Gasteiger partial charge >= 0.3 is 0 Å². The van der Waals surface area contributed by atoms with Crippen LogP contribution in [0.4, 0.5) is 5.69 Å². The smallest absolute Gasteiger partial charge is 0.267 e. The molecule has 2 heterocycles. The highest BCUT2D eigenvalue weighted by molar-refractivity contribution is 9.11. The van der Waals surface area contributed by atoms with E-state index in [0.29, 0.717) is 26.9 Å². The lowest BCUT2D eigenvalue weighted by molar-refractivity contribution is -0.113. The number of nitrogens with one attached hydrogen (secondary N) is 1. The number of thioether (sulfide) groups is 1. The summed E-state index contributed by atoms with van der Waals surface area (Å²) in [4.78, 5) is 33.6. The maximum absolute atomic E-state index is 13.8. The van der Waals surface area contributed by atoms with Crippen molar-refractivity contribution in [3.63, 3.8) is 0 Å². The molecule has 0 radical (unpaired) electrons. The second-order valence-electron chi connectivity index (χ2n) is 8.34. The Hall–Kier alpha value is -1.65. The number of anilines is 1. The molecule has 10 heteroatoms. The number of hydrogen-bond acceptors (Lipinski definition) is 5. The first kappa shape index (κ1) is 25.0. The Kier molecular flexibility index (Phi) is 7.42. The van der Waals surface area contributed by atoms with Crippen LogP contribution in [0.2, 0.25) is 5.02 Å². The lowest BCUT2D eigenvalue weighted by atomic mass is 9.97. The van der Waals surface area contributed by atoms with Gasteiger partial charge in [-0.2, -0.15) is 0 Å². The van der Waals surface area contributed by atoms with E-state index in [-0.39, 0.29) is 17.2 Å². The van der Waals surface area contributed by atoms with E-state index in [1.807, 2.05) is 19.1 Å². The molecule has 5 nitrogen and oxygen atoms in total. The summed E-state index contributed by atoms with van der Waals surface area (Å²) in [6, 6.07) is 11.0. The number of fused-ring (bicyclic) bond motifs is 3. The lowest BCUT2D eigenvalue weighted by Crippen LogP contribution is -2.23. The van der Waals surface area contributed by atoms with Crippen molar-refractivity contribution in [3.8, 4) is 5.69 Å². The summed E-state index contributed by atoms with van der Waals surface area (Å²) < 4.78 is 3.20. The fraction of sp³-hybridized carbons (Fsp3) is 0.240. The number of aryl methyl sites for hydroxylation is 3. The number of thiophene rings is 1. The number of rotatable bonds is 5. The zero-order valence-corrected chi connectivity index (χ0v) is 24.2. The molecule has 1 amide bonds. The number of benzene rings is 2. The first-order chi connectivity index (χ1) is 16.8. The van der Waals surface area contributed by atoms with E-state index in [4.69, 9.17) is 16.6 Å². The van der Waals surface area contributed by atoms with Gasteiger partial charge in [-0.25, -0.2) is 4.98 Å². The number of nitrogens with zero attached hydrogens (tertiary/aromatic N) is 2. The summed E-state index contributed by atoms with van der Waals surface area (Å²) in [5.41, 5.74) is 3.46. The van der Waals surface area contributed by atoms with Gasteiger partial charge in [-0.05, 0) is 112 Å². The van der Waals surface area contributed by atoms with Crippen LogP contribution in [-0.2, 0) is 17.6 Å². The second kappa shape index (κ2) is 10.4. The van der Waals surface area contributed by atoms with Crippen LogP contribution in [-0.4, -0.2) is 21.2 Å². The number of carbonyl (C=O) groups excluding carboxylic acids is 1. The van der Waals surface area contributed by atoms with Crippen LogP contribution < -0.4 is 10.9 Å². The van der Waals surface area contributed by atoms with Gasteiger partial charge in [0.05, 0.1) is 22.5 Å². The minimum atomic E-state index is -0.192. The van der Waals surface area contributed by atoms with Gasteiger partial charge in [-0.15, -0.1) is 11.3 Å². The largest absolute Gasteiger partial charge is 0.323 e. The molecule has 4 aromatic rings. The molecule has 0 saturated heterocycles. The van der Waals surface area contributed by atoms with Gasteiger partial charge in [0, 0.05) is 18.8 Å². The Labute approximate surface area is 232 Å². The molecule has 0 fully saturated rings.